The van der Waals surface area contributed by atoms with Gasteiger partial charge in [-0.2, -0.15) is 8.78 Å². The summed E-state index contributed by atoms with van der Waals surface area (Å²) in [5.74, 6) is -1.60. The lowest BCUT2D eigenvalue weighted by Crippen LogP contribution is -2.19. The minimum atomic E-state index is -2.48. The number of alkyl halides is 2. The molecule has 26 heavy (non-hydrogen) atoms. The van der Waals surface area contributed by atoms with Crippen LogP contribution in [0, 0.1) is 0 Å². The fourth-order valence-corrected chi connectivity index (χ4v) is 3.64. The summed E-state index contributed by atoms with van der Waals surface area (Å²) < 4.78 is 36.0. The summed E-state index contributed by atoms with van der Waals surface area (Å²) in [6.07, 6.45) is 0. The van der Waals surface area contributed by atoms with Crippen molar-refractivity contribution in [3.63, 3.8) is 0 Å². The Morgan fingerprint density at radius 3 is 2.65 bits per heavy atom. The number of methoxy groups -OCH3 is 1. The molecular weight excluding hydrogens is 382 g/mol. The summed E-state index contributed by atoms with van der Waals surface area (Å²) in [7, 11) is 1.57. The normalized spacial score (nSPS) is 10.9. The molecule has 1 amide bonds. The van der Waals surface area contributed by atoms with Gasteiger partial charge >= 0.3 is 0 Å². The van der Waals surface area contributed by atoms with Crippen molar-refractivity contribution in [1.29, 1.82) is 0 Å². The molecule has 1 N–H and O–H groups in total. The molecule has 0 atom stereocenters. The van der Waals surface area contributed by atoms with Gasteiger partial charge < -0.3 is 9.47 Å². The Hall–Kier alpha value is -2.39. The number of hydrogen-bond acceptors (Lipinski definition) is 6. The van der Waals surface area contributed by atoms with Crippen LogP contribution in [0.5, 0.6) is 11.5 Å². The third-order valence-electron chi connectivity index (χ3n) is 3.26. The highest BCUT2D eigenvalue weighted by Gasteiger charge is 2.11. The van der Waals surface area contributed by atoms with Crippen molar-refractivity contribution in [3.05, 3.63) is 42.5 Å². The summed E-state index contributed by atoms with van der Waals surface area (Å²) in [5, 5.41) is 3.04. The maximum Gasteiger partial charge on any atom is 0.288 e. The van der Waals surface area contributed by atoms with Gasteiger partial charge in [0.05, 0.1) is 17.3 Å². The zero-order valence-electron chi connectivity index (χ0n) is 13.6. The molecule has 9 heteroatoms. The SMILES string of the molecule is COc1ccc(OCC(=O)Nc2nc3ccc(SC(F)F)cc3s2)cc1. The van der Waals surface area contributed by atoms with Crippen molar-refractivity contribution in [2.75, 3.05) is 19.0 Å². The van der Waals surface area contributed by atoms with Crippen LogP contribution in [0.1, 0.15) is 0 Å². The number of ether oxygens (including phenoxy) is 2. The molecule has 1 aromatic heterocycles. The lowest BCUT2D eigenvalue weighted by atomic mass is 10.3. The molecule has 0 spiro atoms. The van der Waals surface area contributed by atoms with Crippen LogP contribution >= 0.6 is 23.1 Å². The Kier molecular flexibility index (Phi) is 5.89. The largest absolute Gasteiger partial charge is 0.497 e. The molecule has 0 fully saturated rings. The van der Waals surface area contributed by atoms with E-state index in [1.54, 1.807) is 49.6 Å². The van der Waals surface area contributed by atoms with Crippen LogP contribution in [0.4, 0.5) is 13.9 Å². The van der Waals surface area contributed by atoms with Gasteiger partial charge in [0.25, 0.3) is 11.7 Å². The van der Waals surface area contributed by atoms with Crippen LogP contribution in [0.15, 0.2) is 47.4 Å². The van der Waals surface area contributed by atoms with Crippen molar-refractivity contribution >= 4 is 44.4 Å². The number of halogens is 2. The van der Waals surface area contributed by atoms with Crippen LogP contribution in [0.3, 0.4) is 0 Å². The van der Waals surface area contributed by atoms with E-state index in [2.05, 4.69) is 10.3 Å². The van der Waals surface area contributed by atoms with Crippen LogP contribution in [-0.4, -0.2) is 30.4 Å². The molecule has 0 saturated heterocycles. The molecule has 5 nitrogen and oxygen atoms in total. The summed E-state index contributed by atoms with van der Waals surface area (Å²) in [6.45, 7) is -0.172. The quantitative estimate of drug-likeness (QED) is 0.590. The van der Waals surface area contributed by atoms with Crippen molar-refractivity contribution in [3.8, 4) is 11.5 Å². The second kappa shape index (κ2) is 8.33. The van der Waals surface area contributed by atoms with Gasteiger partial charge in [0.2, 0.25) is 0 Å². The van der Waals surface area contributed by atoms with E-state index in [-0.39, 0.29) is 12.5 Å². The van der Waals surface area contributed by atoms with Crippen molar-refractivity contribution < 1.29 is 23.0 Å². The number of amides is 1. The number of thiazole rings is 1. The van der Waals surface area contributed by atoms with E-state index < -0.39 is 5.76 Å². The first kappa shape index (κ1) is 18.4. The first-order valence-electron chi connectivity index (χ1n) is 7.45. The topological polar surface area (TPSA) is 60.5 Å². The standard InChI is InChI=1S/C17H14F2N2O3S2/c1-23-10-2-4-11(5-3-10)24-9-15(22)21-17-20-13-7-6-12(25-16(18)19)8-14(13)26-17/h2-8,16H,9H2,1H3,(H,20,21,22). The minimum absolute atomic E-state index is 0.172. The van der Waals surface area contributed by atoms with Gasteiger partial charge in [0, 0.05) is 4.90 Å². The number of carbonyl (C=O) groups is 1. The number of nitrogens with one attached hydrogen (secondary N) is 1. The Bertz CT molecular complexity index is 901. The van der Waals surface area contributed by atoms with E-state index >= 15 is 0 Å². The molecule has 3 rings (SSSR count). The second-order valence-electron chi connectivity index (χ2n) is 5.04. The molecule has 2 aromatic carbocycles. The first-order valence-corrected chi connectivity index (χ1v) is 9.15. The lowest BCUT2D eigenvalue weighted by molar-refractivity contribution is -0.118. The summed E-state index contributed by atoms with van der Waals surface area (Å²) in [4.78, 5) is 16.7. The molecule has 0 aliphatic carbocycles. The van der Waals surface area contributed by atoms with Crippen molar-refractivity contribution in [1.82, 2.24) is 4.98 Å². The summed E-state index contributed by atoms with van der Waals surface area (Å²) in [5.41, 5.74) is 0.639. The predicted octanol–water partition coefficient (Wildman–Crippen LogP) is 4.64. The molecule has 0 aliphatic rings. The summed E-state index contributed by atoms with van der Waals surface area (Å²) >= 11 is 1.69. The molecule has 0 radical (unpaired) electrons. The monoisotopic (exact) mass is 396 g/mol. The molecule has 0 bridgehead atoms. The van der Waals surface area contributed by atoms with Crippen molar-refractivity contribution in [2.24, 2.45) is 0 Å². The smallest absolute Gasteiger partial charge is 0.288 e. The Morgan fingerprint density at radius 2 is 1.96 bits per heavy atom. The molecule has 3 aromatic rings. The number of anilines is 1. The van der Waals surface area contributed by atoms with E-state index in [0.717, 1.165) is 4.70 Å². The highest BCUT2D eigenvalue weighted by atomic mass is 32.2. The van der Waals surface area contributed by atoms with E-state index in [1.165, 1.54) is 11.3 Å². The highest BCUT2D eigenvalue weighted by molar-refractivity contribution is 7.99. The zero-order chi connectivity index (χ0) is 18.5. The maximum absolute atomic E-state index is 12.4. The van der Waals surface area contributed by atoms with Gasteiger partial charge in [-0.3, -0.25) is 10.1 Å². The van der Waals surface area contributed by atoms with Crippen molar-refractivity contribution in [2.45, 2.75) is 10.7 Å². The van der Waals surface area contributed by atoms with Gasteiger partial charge in [0.15, 0.2) is 11.7 Å². The van der Waals surface area contributed by atoms with Crippen LogP contribution in [-0.2, 0) is 4.79 Å². The Morgan fingerprint density at radius 1 is 1.23 bits per heavy atom. The molecular formula is C17H14F2N2O3S2. The summed E-state index contributed by atoms with van der Waals surface area (Å²) in [6, 6.07) is 11.7. The third kappa shape index (κ3) is 4.83. The number of carbonyl (C=O) groups excluding carboxylic acids is 1. The molecule has 0 aliphatic heterocycles. The number of nitrogens with zero attached hydrogens (tertiary/aromatic N) is 1. The average molecular weight is 396 g/mol. The van der Waals surface area contributed by atoms with E-state index in [1.807, 2.05) is 0 Å². The van der Waals surface area contributed by atoms with Gasteiger partial charge in [-0.25, -0.2) is 4.98 Å². The van der Waals surface area contributed by atoms with E-state index in [0.29, 0.717) is 38.8 Å². The lowest BCUT2D eigenvalue weighted by Gasteiger charge is -2.06. The molecule has 136 valence electrons. The Labute approximate surface area is 156 Å². The van der Waals surface area contributed by atoms with Crippen LogP contribution in [0.25, 0.3) is 10.2 Å². The maximum atomic E-state index is 12.4. The number of fused-ring (bicyclic) bond motifs is 1. The van der Waals surface area contributed by atoms with Gasteiger partial charge in [-0.05, 0) is 42.5 Å². The number of thioether (sulfide) groups is 1. The zero-order valence-corrected chi connectivity index (χ0v) is 15.2. The first-order chi connectivity index (χ1) is 12.5. The van der Waals surface area contributed by atoms with E-state index in [9.17, 15) is 13.6 Å². The Balaban J connectivity index is 1.59. The third-order valence-corrected chi connectivity index (χ3v) is 4.90. The second-order valence-corrected chi connectivity index (χ2v) is 7.13. The van der Waals surface area contributed by atoms with E-state index in [4.69, 9.17) is 9.47 Å². The fourth-order valence-electron chi connectivity index (χ4n) is 2.11. The fraction of sp³-hybridized carbons (Fsp3) is 0.176. The molecule has 0 unspecified atom stereocenters. The molecule has 1 heterocycles. The van der Waals surface area contributed by atoms with Crippen LogP contribution in [0.2, 0.25) is 0 Å². The number of rotatable bonds is 7. The average Bonchev–Trinajstić information content (AvgIpc) is 3.01. The number of hydrogen-bond donors (Lipinski definition) is 1. The number of benzene rings is 2. The minimum Gasteiger partial charge on any atom is -0.497 e. The highest BCUT2D eigenvalue weighted by Crippen LogP contribution is 2.32. The van der Waals surface area contributed by atoms with Crippen LogP contribution < -0.4 is 14.8 Å². The number of aromatic nitrogens is 1. The van der Waals surface area contributed by atoms with Gasteiger partial charge in [-0.15, -0.1) is 0 Å². The predicted molar refractivity (Wildman–Crippen MR) is 98.6 cm³/mol. The van der Waals surface area contributed by atoms with Gasteiger partial charge in [-0.1, -0.05) is 23.1 Å². The molecule has 0 saturated carbocycles. The van der Waals surface area contributed by atoms with Gasteiger partial charge in [0.1, 0.15) is 11.5 Å².